The molecule has 2 aromatic heterocycles. The van der Waals surface area contributed by atoms with Crippen LogP contribution in [0.2, 0.25) is 0 Å². The first kappa shape index (κ1) is 12.6. The summed E-state index contributed by atoms with van der Waals surface area (Å²) in [4.78, 5) is 18.3. The minimum atomic E-state index is -0.224. The standard InChI is InChI=1S/C11H11N7OS/c12-4-9-6-13-10(20-9)15-11(19)17-2-1-3-18-8(7-17)5-14-16-18/h5-6H,1-3,7H2,(H,13,15,19). The number of carbonyl (C=O) groups is 1. The number of anilines is 1. The van der Waals surface area contributed by atoms with Crippen molar-refractivity contribution in [1.29, 1.82) is 5.26 Å². The SMILES string of the molecule is N#Cc1cnc(NC(=O)N2CCCn3nncc3C2)s1. The Balaban J connectivity index is 1.69. The summed E-state index contributed by atoms with van der Waals surface area (Å²) in [5, 5.41) is 19.7. The summed E-state index contributed by atoms with van der Waals surface area (Å²) >= 11 is 1.16. The molecule has 8 nitrogen and oxygen atoms in total. The summed E-state index contributed by atoms with van der Waals surface area (Å²) in [5.41, 5.74) is 0.912. The van der Waals surface area contributed by atoms with Crippen molar-refractivity contribution >= 4 is 22.5 Å². The molecule has 1 aliphatic rings. The van der Waals surface area contributed by atoms with Crippen LogP contribution in [0.5, 0.6) is 0 Å². The minimum absolute atomic E-state index is 0.224. The molecule has 0 aromatic carbocycles. The molecule has 3 rings (SSSR count). The largest absolute Gasteiger partial charge is 0.324 e. The van der Waals surface area contributed by atoms with Gasteiger partial charge in [-0.3, -0.25) is 5.32 Å². The number of aryl methyl sites for hydroxylation is 1. The van der Waals surface area contributed by atoms with Crippen molar-refractivity contribution in [1.82, 2.24) is 24.9 Å². The van der Waals surface area contributed by atoms with E-state index in [1.165, 1.54) is 6.20 Å². The quantitative estimate of drug-likeness (QED) is 0.845. The third-order valence-corrected chi connectivity index (χ3v) is 3.78. The van der Waals surface area contributed by atoms with E-state index in [1.807, 2.05) is 10.8 Å². The summed E-state index contributed by atoms with van der Waals surface area (Å²) in [6.45, 7) is 1.87. The first-order valence-electron chi connectivity index (χ1n) is 6.05. The van der Waals surface area contributed by atoms with Crippen LogP contribution in [0.1, 0.15) is 17.0 Å². The van der Waals surface area contributed by atoms with Gasteiger partial charge in [-0.1, -0.05) is 16.6 Å². The van der Waals surface area contributed by atoms with Gasteiger partial charge in [0.25, 0.3) is 0 Å². The van der Waals surface area contributed by atoms with Crippen molar-refractivity contribution in [3.63, 3.8) is 0 Å². The van der Waals surface area contributed by atoms with Crippen molar-refractivity contribution in [3.05, 3.63) is 23.0 Å². The van der Waals surface area contributed by atoms with Gasteiger partial charge in [-0.25, -0.2) is 14.5 Å². The predicted octanol–water partition coefficient (Wildman–Crippen LogP) is 1.04. The number of thiazole rings is 1. The fourth-order valence-corrected chi connectivity index (χ4v) is 2.61. The molecule has 0 fully saturated rings. The lowest BCUT2D eigenvalue weighted by Crippen LogP contribution is -2.34. The molecule has 0 saturated carbocycles. The lowest BCUT2D eigenvalue weighted by atomic mass is 10.4. The van der Waals surface area contributed by atoms with Gasteiger partial charge in [0.05, 0.1) is 24.6 Å². The Bertz CT molecular complexity index is 670. The van der Waals surface area contributed by atoms with E-state index in [0.717, 1.165) is 30.0 Å². The summed E-state index contributed by atoms with van der Waals surface area (Å²) in [5.74, 6) is 0. The fourth-order valence-electron chi connectivity index (χ4n) is 2.00. The molecule has 3 heterocycles. The lowest BCUT2D eigenvalue weighted by Gasteiger charge is -2.19. The number of hydrogen-bond acceptors (Lipinski definition) is 6. The molecule has 2 aromatic rings. The molecule has 1 N–H and O–H groups in total. The second kappa shape index (κ2) is 5.26. The van der Waals surface area contributed by atoms with Crippen molar-refractivity contribution in [2.24, 2.45) is 0 Å². The first-order valence-corrected chi connectivity index (χ1v) is 6.87. The molecule has 20 heavy (non-hydrogen) atoms. The lowest BCUT2D eigenvalue weighted by molar-refractivity contribution is 0.210. The Morgan fingerprint density at radius 1 is 1.45 bits per heavy atom. The van der Waals surface area contributed by atoms with E-state index in [-0.39, 0.29) is 6.03 Å². The van der Waals surface area contributed by atoms with Gasteiger partial charge in [-0.2, -0.15) is 5.26 Å². The van der Waals surface area contributed by atoms with E-state index >= 15 is 0 Å². The van der Waals surface area contributed by atoms with E-state index in [1.54, 1.807) is 11.1 Å². The van der Waals surface area contributed by atoms with Gasteiger partial charge < -0.3 is 4.90 Å². The maximum atomic E-state index is 12.2. The number of rotatable bonds is 1. The Morgan fingerprint density at radius 3 is 3.15 bits per heavy atom. The fraction of sp³-hybridized carbons (Fsp3) is 0.364. The number of nitrogens with zero attached hydrogens (tertiary/aromatic N) is 6. The second-order valence-electron chi connectivity index (χ2n) is 4.30. The third-order valence-electron chi connectivity index (χ3n) is 2.97. The number of carbonyl (C=O) groups excluding carboxylic acids is 1. The van der Waals surface area contributed by atoms with Crippen LogP contribution in [0.3, 0.4) is 0 Å². The highest BCUT2D eigenvalue weighted by molar-refractivity contribution is 7.16. The highest BCUT2D eigenvalue weighted by Gasteiger charge is 2.20. The molecule has 0 atom stereocenters. The van der Waals surface area contributed by atoms with E-state index in [2.05, 4.69) is 20.6 Å². The summed E-state index contributed by atoms with van der Waals surface area (Å²) in [6, 6.07) is 1.77. The zero-order chi connectivity index (χ0) is 13.9. The number of nitriles is 1. The summed E-state index contributed by atoms with van der Waals surface area (Å²) in [6.07, 6.45) is 3.94. The van der Waals surface area contributed by atoms with Gasteiger partial charge in [-0.15, -0.1) is 5.10 Å². The number of hydrogen-bond donors (Lipinski definition) is 1. The van der Waals surface area contributed by atoms with E-state index in [0.29, 0.717) is 23.1 Å². The van der Waals surface area contributed by atoms with Crippen molar-refractivity contribution < 1.29 is 4.79 Å². The molecule has 1 aliphatic heterocycles. The van der Waals surface area contributed by atoms with Crippen molar-refractivity contribution in [2.75, 3.05) is 11.9 Å². The van der Waals surface area contributed by atoms with Crippen LogP contribution in [0.25, 0.3) is 0 Å². The minimum Gasteiger partial charge on any atom is -0.318 e. The topological polar surface area (TPSA) is 99.7 Å². The Hall–Kier alpha value is -2.47. The number of urea groups is 1. The molecule has 0 bridgehead atoms. The molecule has 0 saturated heterocycles. The average molecular weight is 289 g/mol. The van der Waals surface area contributed by atoms with Crippen LogP contribution in [-0.4, -0.2) is 37.5 Å². The first-order chi connectivity index (χ1) is 9.76. The van der Waals surface area contributed by atoms with Crippen LogP contribution in [0.4, 0.5) is 9.93 Å². The maximum absolute atomic E-state index is 12.2. The number of fused-ring (bicyclic) bond motifs is 1. The second-order valence-corrected chi connectivity index (χ2v) is 5.33. The summed E-state index contributed by atoms with van der Waals surface area (Å²) < 4.78 is 1.81. The van der Waals surface area contributed by atoms with Gasteiger partial charge >= 0.3 is 6.03 Å². The monoisotopic (exact) mass is 289 g/mol. The van der Waals surface area contributed by atoms with Gasteiger partial charge in [0.1, 0.15) is 10.9 Å². The average Bonchev–Trinajstić information content (AvgIpc) is 3.03. The van der Waals surface area contributed by atoms with Crippen LogP contribution >= 0.6 is 11.3 Å². The van der Waals surface area contributed by atoms with Crippen molar-refractivity contribution in [2.45, 2.75) is 19.5 Å². The van der Waals surface area contributed by atoms with E-state index < -0.39 is 0 Å². The highest BCUT2D eigenvalue weighted by Crippen LogP contribution is 2.18. The smallest absolute Gasteiger partial charge is 0.318 e. The summed E-state index contributed by atoms with van der Waals surface area (Å²) in [7, 11) is 0. The normalized spacial score (nSPS) is 14.2. The van der Waals surface area contributed by atoms with Gasteiger partial charge in [-0.05, 0) is 6.42 Å². The molecule has 0 spiro atoms. The third kappa shape index (κ3) is 2.46. The van der Waals surface area contributed by atoms with Crippen LogP contribution in [0, 0.1) is 11.3 Å². The molecule has 0 radical (unpaired) electrons. The Labute approximate surface area is 118 Å². The molecule has 102 valence electrons. The predicted molar refractivity (Wildman–Crippen MR) is 70.9 cm³/mol. The van der Waals surface area contributed by atoms with E-state index in [4.69, 9.17) is 5.26 Å². The highest BCUT2D eigenvalue weighted by atomic mass is 32.1. The van der Waals surface area contributed by atoms with Crippen LogP contribution < -0.4 is 5.32 Å². The van der Waals surface area contributed by atoms with Gasteiger partial charge in [0.15, 0.2) is 5.13 Å². The molecule has 0 aliphatic carbocycles. The van der Waals surface area contributed by atoms with Crippen LogP contribution in [-0.2, 0) is 13.1 Å². The number of amides is 2. The zero-order valence-corrected chi connectivity index (χ0v) is 11.3. The van der Waals surface area contributed by atoms with Crippen LogP contribution in [0.15, 0.2) is 12.4 Å². The molecular formula is C11H11N7OS. The molecule has 2 amide bonds. The van der Waals surface area contributed by atoms with Gasteiger partial charge in [0.2, 0.25) is 0 Å². The molecule has 9 heteroatoms. The van der Waals surface area contributed by atoms with Crippen molar-refractivity contribution in [3.8, 4) is 6.07 Å². The molecule has 0 unspecified atom stereocenters. The Kier molecular flexibility index (Phi) is 3.30. The zero-order valence-electron chi connectivity index (χ0n) is 10.5. The van der Waals surface area contributed by atoms with Gasteiger partial charge in [0, 0.05) is 13.1 Å². The number of aromatic nitrogens is 4. The number of nitrogens with one attached hydrogen (secondary N) is 1. The maximum Gasteiger partial charge on any atom is 0.324 e. The van der Waals surface area contributed by atoms with E-state index in [9.17, 15) is 4.79 Å². The molecular weight excluding hydrogens is 278 g/mol. The Morgan fingerprint density at radius 2 is 2.35 bits per heavy atom.